The molecule has 1 fully saturated rings. The molecule has 210 valence electrons. The standard InChI is InChI=1S/C29H33N5O5S/c1-18(35)5-7-31-14-19(13-30)21-11-22-25(12-24(21)37-4)39-15-23-26(28(36)33-8-9-38-17-29(33,2)3)32-34(27(22)23)20-6-10-40-16-20/h6,10-14,16H,5,7-9,15,17,30H2,1-4H3. The molecule has 1 amide bonds. The van der Waals surface area contributed by atoms with Crippen LogP contribution in [0.3, 0.4) is 0 Å². The molecule has 0 unspecified atom stereocenters. The van der Waals surface area contributed by atoms with Gasteiger partial charge < -0.3 is 24.8 Å². The molecule has 0 radical (unpaired) electrons. The number of aromatic nitrogens is 2. The number of aliphatic imine (C=N–C) groups is 1. The zero-order valence-electron chi connectivity index (χ0n) is 23.1. The summed E-state index contributed by atoms with van der Waals surface area (Å²) in [5.74, 6) is 1.09. The Labute approximate surface area is 237 Å². The van der Waals surface area contributed by atoms with Gasteiger partial charge in [-0.3, -0.25) is 14.6 Å². The van der Waals surface area contributed by atoms with Crippen molar-refractivity contribution in [2.75, 3.05) is 33.4 Å². The number of morpholine rings is 1. The number of rotatable bonds is 8. The number of Topliss-reactive ketones (excluding diaryl/α,β-unsaturated/α-hetero) is 1. The van der Waals surface area contributed by atoms with Crippen LogP contribution >= 0.6 is 11.3 Å². The van der Waals surface area contributed by atoms with Crippen LogP contribution in [0.15, 0.2) is 40.2 Å². The summed E-state index contributed by atoms with van der Waals surface area (Å²) in [6.07, 6.45) is 3.45. The van der Waals surface area contributed by atoms with Crippen LogP contribution in [0, 0.1) is 0 Å². The van der Waals surface area contributed by atoms with Crippen molar-refractivity contribution >= 4 is 34.8 Å². The second kappa shape index (κ2) is 11.3. The Balaban J connectivity index is 1.64. The Hall–Kier alpha value is -3.96. The van der Waals surface area contributed by atoms with Crippen molar-refractivity contribution in [3.05, 3.63) is 52.0 Å². The number of amides is 1. The van der Waals surface area contributed by atoms with Crippen molar-refractivity contribution in [2.45, 2.75) is 39.3 Å². The van der Waals surface area contributed by atoms with Gasteiger partial charge >= 0.3 is 0 Å². The lowest BCUT2D eigenvalue weighted by molar-refractivity contribution is -0.116. The molecule has 2 aliphatic rings. The van der Waals surface area contributed by atoms with Crippen LogP contribution in [0.25, 0.3) is 22.5 Å². The Morgan fingerprint density at radius 2 is 2.15 bits per heavy atom. The SMILES string of the molecule is COc1cc2c(cc1C(C=NCCC(C)=O)=CN)-c1c(c(C(=O)N3CCOCC3(C)C)nn1-c1ccsc1)CO2. The lowest BCUT2D eigenvalue weighted by Gasteiger charge is -2.41. The molecule has 4 heterocycles. The van der Waals surface area contributed by atoms with Gasteiger partial charge in [0.25, 0.3) is 5.91 Å². The first kappa shape index (κ1) is 27.6. The van der Waals surface area contributed by atoms with Crippen LogP contribution in [0.5, 0.6) is 11.5 Å². The summed E-state index contributed by atoms with van der Waals surface area (Å²) in [7, 11) is 1.58. The second-order valence-corrected chi connectivity index (χ2v) is 11.1. The predicted molar refractivity (Wildman–Crippen MR) is 155 cm³/mol. The quantitative estimate of drug-likeness (QED) is 0.410. The molecular formula is C29H33N5O5S. The zero-order valence-corrected chi connectivity index (χ0v) is 23.9. The first-order valence-electron chi connectivity index (χ1n) is 13.1. The maximum atomic E-state index is 14.0. The highest BCUT2D eigenvalue weighted by Crippen LogP contribution is 2.45. The molecule has 0 spiro atoms. The van der Waals surface area contributed by atoms with Gasteiger partial charge in [-0.05, 0) is 38.3 Å². The summed E-state index contributed by atoms with van der Waals surface area (Å²) in [5.41, 5.74) is 10.3. The fourth-order valence-corrected chi connectivity index (χ4v) is 5.57. The fourth-order valence-electron chi connectivity index (χ4n) is 4.96. The van der Waals surface area contributed by atoms with Gasteiger partial charge in [0.1, 0.15) is 23.9 Å². The Kier molecular flexibility index (Phi) is 7.77. The van der Waals surface area contributed by atoms with E-state index in [2.05, 4.69) is 4.99 Å². The molecule has 2 aromatic heterocycles. The smallest absolute Gasteiger partial charge is 0.275 e. The fraction of sp³-hybridized carbons (Fsp3) is 0.379. The number of allylic oxidation sites excluding steroid dienone is 1. The lowest BCUT2D eigenvalue weighted by atomic mass is 9.95. The van der Waals surface area contributed by atoms with Crippen molar-refractivity contribution in [1.82, 2.24) is 14.7 Å². The highest BCUT2D eigenvalue weighted by Gasteiger charge is 2.39. The Bertz CT molecular complexity index is 1490. The van der Waals surface area contributed by atoms with E-state index in [-0.39, 0.29) is 18.3 Å². The maximum Gasteiger partial charge on any atom is 0.275 e. The van der Waals surface area contributed by atoms with Crippen LogP contribution in [0.2, 0.25) is 0 Å². The number of ether oxygens (including phenoxy) is 3. The Morgan fingerprint density at radius 1 is 1.32 bits per heavy atom. The van der Waals surface area contributed by atoms with E-state index in [0.29, 0.717) is 61.1 Å². The van der Waals surface area contributed by atoms with Gasteiger partial charge in [0.2, 0.25) is 0 Å². The molecule has 2 N–H and O–H groups in total. The molecular weight excluding hydrogens is 530 g/mol. The molecule has 40 heavy (non-hydrogen) atoms. The van der Waals surface area contributed by atoms with Crippen molar-refractivity contribution in [2.24, 2.45) is 10.7 Å². The Morgan fingerprint density at radius 3 is 2.83 bits per heavy atom. The van der Waals surface area contributed by atoms with Crippen LogP contribution < -0.4 is 15.2 Å². The minimum absolute atomic E-state index is 0.0685. The number of benzene rings is 1. The molecule has 0 aliphatic carbocycles. The number of thiophene rings is 1. The summed E-state index contributed by atoms with van der Waals surface area (Å²) in [6, 6.07) is 5.72. The van der Waals surface area contributed by atoms with E-state index < -0.39 is 5.54 Å². The van der Waals surface area contributed by atoms with Crippen molar-refractivity contribution < 1.29 is 23.8 Å². The third kappa shape index (κ3) is 5.14. The molecule has 0 bridgehead atoms. The van der Waals surface area contributed by atoms with Crippen molar-refractivity contribution in [1.29, 1.82) is 0 Å². The number of nitrogens with two attached hydrogens (primary N) is 1. The number of nitrogens with zero attached hydrogens (tertiary/aromatic N) is 4. The summed E-state index contributed by atoms with van der Waals surface area (Å²) in [5, 5.41) is 8.84. The van der Waals surface area contributed by atoms with Crippen LogP contribution in [0.4, 0.5) is 0 Å². The van der Waals surface area contributed by atoms with E-state index in [1.54, 1.807) is 24.7 Å². The predicted octanol–water partition coefficient (Wildman–Crippen LogP) is 4.10. The normalized spacial score (nSPS) is 16.4. The first-order valence-corrected chi connectivity index (χ1v) is 14.0. The molecule has 5 rings (SSSR count). The first-order chi connectivity index (χ1) is 19.2. The lowest BCUT2D eigenvalue weighted by Crippen LogP contribution is -2.55. The molecule has 11 heteroatoms. The van der Waals surface area contributed by atoms with Crippen LogP contribution in [-0.2, 0) is 16.1 Å². The summed E-state index contributed by atoms with van der Waals surface area (Å²) >= 11 is 1.55. The van der Waals surface area contributed by atoms with Gasteiger partial charge in [0, 0.05) is 65.6 Å². The van der Waals surface area contributed by atoms with E-state index in [1.807, 2.05) is 52.4 Å². The van der Waals surface area contributed by atoms with Gasteiger partial charge in [-0.2, -0.15) is 16.4 Å². The largest absolute Gasteiger partial charge is 0.496 e. The molecule has 1 saturated heterocycles. The maximum absolute atomic E-state index is 14.0. The molecule has 0 atom stereocenters. The number of carbonyl (C=O) groups is 2. The topological polar surface area (TPSA) is 121 Å². The molecule has 10 nitrogen and oxygen atoms in total. The number of ketones is 1. The number of carbonyl (C=O) groups excluding carboxylic acids is 2. The van der Waals surface area contributed by atoms with Gasteiger partial charge in [0.15, 0.2) is 5.69 Å². The third-order valence-electron chi connectivity index (χ3n) is 7.07. The summed E-state index contributed by atoms with van der Waals surface area (Å²) in [6.45, 7) is 7.50. The summed E-state index contributed by atoms with van der Waals surface area (Å²) in [4.78, 5) is 31.5. The minimum Gasteiger partial charge on any atom is -0.496 e. The number of fused-ring (bicyclic) bond motifs is 3. The van der Waals surface area contributed by atoms with Gasteiger partial charge in [-0.15, -0.1) is 0 Å². The third-order valence-corrected chi connectivity index (χ3v) is 7.74. The van der Waals surface area contributed by atoms with Crippen molar-refractivity contribution in [3.8, 4) is 28.4 Å². The molecule has 2 aliphatic heterocycles. The van der Waals surface area contributed by atoms with Crippen LogP contribution in [0.1, 0.15) is 48.8 Å². The molecule has 3 aromatic rings. The highest BCUT2D eigenvalue weighted by molar-refractivity contribution is 7.08. The summed E-state index contributed by atoms with van der Waals surface area (Å²) < 4.78 is 19.3. The minimum atomic E-state index is -0.467. The zero-order chi connectivity index (χ0) is 28.4. The second-order valence-electron chi connectivity index (χ2n) is 10.3. The number of hydrogen-bond acceptors (Lipinski definition) is 9. The van der Waals surface area contributed by atoms with Crippen molar-refractivity contribution in [3.63, 3.8) is 0 Å². The van der Waals surface area contributed by atoms with E-state index in [0.717, 1.165) is 22.5 Å². The monoisotopic (exact) mass is 563 g/mol. The van der Waals surface area contributed by atoms with Gasteiger partial charge in [-0.1, -0.05) is 0 Å². The van der Waals surface area contributed by atoms with E-state index in [9.17, 15) is 9.59 Å². The molecule has 0 saturated carbocycles. The number of hydrogen-bond donors (Lipinski definition) is 1. The van der Waals surface area contributed by atoms with Gasteiger partial charge in [-0.25, -0.2) is 4.68 Å². The van der Waals surface area contributed by atoms with E-state index in [1.165, 1.54) is 13.1 Å². The highest BCUT2D eigenvalue weighted by atomic mass is 32.1. The van der Waals surface area contributed by atoms with E-state index >= 15 is 0 Å². The van der Waals surface area contributed by atoms with E-state index in [4.69, 9.17) is 25.0 Å². The average molecular weight is 564 g/mol. The van der Waals surface area contributed by atoms with Crippen LogP contribution in [-0.4, -0.2) is 71.5 Å². The van der Waals surface area contributed by atoms with Gasteiger partial charge in [0.05, 0.1) is 37.2 Å². The average Bonchev–Trinajstić information content (AvgIpc) is 3.60. The number of methoxy groups -OCH3 is 1. The molecule has 1 aromatic carbocycles.